The van der Waals surface area contributed by atoms with Crippen LogP contribution in [0.5, 0.6) is 5.75 Å². The fourth-order valence-electron chi connectivity index (χ4n) is 6.99. The Morgan fingerprint density at radius 2 is 1.89 bits per heavy atom. The van der Waals surface area contributed by atoms with Gasteiger partial charge in [0.15, 0.2) is 0 Å². The molecule has 3 heterocycles. The Kier molecular flexibility index (Phi) is 8.32. The third kappa shape index (κ3) is 5.42. The molecule has 232 valence electrons. The van der Waals surface area contributed by atoms with Gasteiger partial charge in [-0.3, -0.25) is 14.4 Å². The summed E-state index contributed by atoms with van der Waals surface area (Å²) in [5, 5.41) is 10.4. The predicted molar refractivity (Wildman–Crippen MR) is 156 cm³/mol. The van der Waals surface area contributed by atoms with E-state index < -0.39 is 30.3 Å². The van der Waals surface area contributed by atoms with Crippen molar-refractivity contribution in [3.8, 4) is 5.75 Å². The number of nitrogens with zero attached hydrogens (tertiary/aromatic N) is 4. The number of fused-ring (bicyclic) bond motifs is 2. The number of aryl methyl sites for hydroxylation is 1. The number of carboxylic acids is 1. The molecule has 6 rings (SSSR count). The minimum atomic E-state index is -2.75. The van der Waals surface area contributed by atoms with Crippen LogP contribution < -0.4 is 4.74 Å². The van der Waals surface area contributed by atoms with E-state index in [9.17, 15) is 28.3 Å². The number of hydrogen-bond donors (Lipinski definition) is 1. The Morgan fingerprint density at radius 1 is 1.14 bits per heavy atom. The van der Waals surface area contributed by atoms with E-state index in [1.165, 1.54) is 17.9 Å². The van der Waals surface area contributed by atoms with Crippen molar-refractivity contribution in [2.24, 2.45) is 18.9 Å². The topological polar surface area (TPSA) is 105 Å². The van der Waals surface area contributed by atoms with E-state index in [0.29, 0.717) is 47.7 Å². The lowest BCUT2D eigenvalue weighted by molar-refractivity contribution is -0.153. The predicted octanol–water partition coefficient (Wildman–Crippen LogP) is 5.56. The number of hydrogen-bond acceptors (Lipinski definition) is 5. The third-order valence-electron chi connectivity index (χ3n) is 9.18. The van der Waals surface area contributed by atoms with Crippen LogP contribution in [0.2, 0.25) is 5.02 Å². The van der Waals surface area contributed by atoms with E-state index in [1.54, 1.807) is 34.1 Å². The summed E-state index contributed by atoms with van der Waals surface area (Å²) in [7, 11) is 1.49. The monoisotopic (exact) mass is 626 g/mol. The first kappa shape index (κ1) is 30.1. The minimum absolute atomic E-state index is 0.0863. The second kappa shape index (κ2) is 12.2. The number of amides is 2. The molecule has 1 fully saturated rings. The van der Waals surface area contributed by atoms with Crippen LogP contribution in [0.3, 0.4) is 0 Å². The lowest BCUT2D eigenvalue weighted by atomic mass is 9.77. The molecule has 0 saturated heterocycles. The van der Waals surface area contributed by atoms with E-state index in [0.717, 1.165) is 24.0 Å². The van der Waals surface area contributed by atoms with Gasteiger partial charge in [0.1, 0.15) is 23.7 Å². The first-order valence-electron chi connectivity index (χ1n) is 14.8. The van der Waals surface area contributed by atoms with Gasteiger partial charge >= 0.3 is 5.97 Å². The van der Waals surface area contributed by atoms with Crippen LogP contribution in [0.25, 0.3) is 0 Å². The summed E-state index contributed by atoms with van der Waals surface area (Å²) in [6.45, 7) is 0.520. The van der Waals surface area contributed by atoms with Crippen LogP contribution in [-0.2, 0) is 36.2 Å². The molecule has 0 unspecified atom stereocenters. The second-order valence-corrected chi connectivity index (χ2v) is 12.1. The van der Waals surface area contributed by atoms with Gasteiger partial charge in [0.2, 0.25) is 5.91 Å². The second-order valence-electron chi connectivity index (χ2n) is 11.7. The van der Waals surface area contributed by atoms with E-state index in [1.807, 2.05) is 12.1 Å². The highest BCUT2D eigenvalue weighted by Gasteiger charge is 2.44. The van der Waals surface area contributed by atoms with Crippen LogP contribution >= 0.6 is 11.6 Å². The maximum Gasteiger partial charge on any atom is 0.307 e. The summed E-state index contributed by atoms with van der Waals surface area (Å²) in [6, 6.07) is 9.96. The highest BCUT2D eigenvalue weighted by molar-refractivity contribution is 6.31. The van der Waals surface area contributed by atoms with Gasteiger partial charge in [0.25, 0.3) is 12.3 Å². The summed E-state index contributed by atoms with van der Waals surface area (Å²) in [6.07, 6.45) is 1.34. The van der Waals surface area contributed by atoms with Crippen molar-refractivity contribution in [2.45, 2.75) is 57.7 Å². The van der Waals surface area contributed by atoms with E-state index in [-0.39, 0.29) is 42.9 Å². The summed E-state index contributed by atoms with van der Waals surface area (Å²) in [4.78, 5) is 47.3. The molecular weight excluding hydrogens is 594 g/mol. The molecule has 0 bridgehead atoms. The maximum absolute atomic E-state index is 14.2. The number of carbonyl (C=O) groups is 3. The van der Waals surface area contributed by atoms with Crippen molar-refractivity contribution in [2.75, 3.05) is 13.1 Å². The van der Waals surface area contributed by atoms with Gasteiger partial charge in [-0.15, -0.1) is 0 Å². The Hall–Kier alpha value is -3.99. The Labute approximate surface area is 258 Å². The van der Waals surface area contributed by atoms with Gasteiger partial charge in [-0.1, -0.05) is 42.6 Å². The van der Waals surface area contributed by atoms with Gasteiger partial charge in [0, 0.05) is 42.8 Å². The van der Waals surface area contributed by atoms with Gasteiger partial charge in [-0.25, -0.2) is 13.8 Å². The molecule has 2 aliphatic heterocycles. The van der Waals surface area contributed by atoms with Gasteiger partial charge < -0.3 is 24.2 Å². The molecule has 9 nitrogen and oxygen atoms in total. The lowest BCUT2D eigenvalue weighted by Gasteiger charge is -2.43. The number of aliphatic carboxylic acids is 1. The Morgan fingerprint density at radius 3 is 2.61 bits per heavy atom. The molecule has 2 amide bonds. The molecule has 3 aliphatic rings. The van der Waals surface area contributed by atoms with Crippen molar-refractivity contribution < 1.29 is 33.0 Å². The third-order valence-corrected chi connectivity index (χ3v) is 9.53. The summed E-state index contributed by atoms with van der Waals surface area (Å²) in [5.74, 6) is -2.56. The molecular formula is C32H33ClF2N4O5. The van der Waals surface area contributed by atoms with Crippen LogP contribution in [0, 0.1) is 11.8 Å². The summed E-state index contributed by atoms with van der Waals surface area (Å²) < 4.78 is 34.9. The molecule has 3 aromatic rings. The molecule has 3 atom stereocenters. The van der Waals surface area contributed by atoms with E-state index in [2.05, 4.69) is 4.98 Å². The molecule has 1 saturated carbocycles. The highest BCUT2D eigenvalue weighted by atomic mass is 35.5. The molecule has 0 radical (unpaired) electrons. The molecule has 1 aliphatic carbocycles. The van der Waals surface area contributed by atoms with E-state index >= 15 is 0 Å². The molecule has 44 heavy (non-hydrogen) atoms. The maximum atomic E-state index is 14.2. The van der Waals surface area contributed by atoms with Crippen molar-refractivity contribution >= 4 is 29.4 Å². The summed E-state index contributed by atoms with van der Waals surface area (Å²) >= 11 is 6.69. The van der Waals surface area contributed by atoms with Crippen molar-refractivity contribution in [1.82, 2.24) is 19.4 Å². The number of carbonyl (C=O) groups excluding carboxylic acids is 2. The zero-order valence-corrected chi connectivity index (χ0v) is 25.0. The molecule has 1 aromatic heterocycles. The number of aromatic nitrogens is 2. The average molecular weight is 627 g/mol. The van der Waals surface area contributed by atoms with Crippen molar-refractivity contribution in [3.63, 3.8) is 0 Å². The molecule has 0 spiro atoms. The number of alkyl halides is 2. The molecule has 12 heteroatoms. The zero-order valence-electron chi connectivity index (χ0n) is 24.2. The van der Waals surface area contributed by atoms with Crippen LogP contribution in [0.4, 0.5) is 8.78 Å². The average Bonchev–Trinajstić information content (AvgIpc) is 3.55. The zero-order chi connectivity index (χ0) is 31.1. The lowest BCUT2D eigenvalue weighted by Crippen LogP contribution is -2.50. The number of halogens is 3. The normalized spacial score (nSPS) is 21.4. The first-order chi connectivity index (χ1) is 21.2. The highest BCUT2D eigenvalue weighted by Crippen LogP contribution is 2.44. The Balaban J connectivity index is 1.39. The fourth-order valence-corrected chi connectivity index (χ4v) is 7.25. The molecule has 1 N–H and O–H groups in total. The van der Waals surface area contributed by atoms with Gasteiger partial charge in [0.05, 0.1) is 24.2 Å². The Bertz CT molecular complexity index is 1610. The smallest absolute Gasteiger partial charge is 0.307 e. The number of carboxylic acid groups (broad SMARTS) is 1. The first-order valence-corrected chi connectivity index (χ1v) is 15.2. The number of ether oxygens (including phenoxy) is 1. The van der Waals surface area contributed by atoms with Crippen LogP contribution in [0.1, 0.15) is 76.6 Å². The van der Waals surface area contributed by atoms with Crippen LogP contribution in [-0.4, -0.2) is 55.3 Å². The number of rotatable bonds is 8. The van der Waals surface area contributed by atoms with Crippen molar-refractivity contribution in [3.05, 3.63) is 81.4 Å². The summed E-state index contributed by atoms with van der Waals surface area (Å²) in [5.41, 5.74) is 2.65. The quantitative estimate of drug-likeness (QED) is 0.351. The number of imidazole rings is 1. The largest absolute Gasteiger partial charge is 0.487 e. The van der Waals surface area contributed by atoms with Gasteiger partial charge in [-0.05, 0) is 48.6 Å². The van der Waals surface area contributed by atoms with Crippen molar-refractivity contribution in [1.29, 1.82) is 0 Å². The number of benzene rings is 2. The standard InChI is InChI=1S/C32H33ClF2N4O5/c1-37-17-36-24(28(37)29(34)35)16-44-26-11-10-23(33)22-12-13-39(31(41)20-8-4-5-9-21(20)32(42)43)25(27(22)26)15-38-14-18-6-2-3-7-19(18)30(38)40/h2-3,6-7,10-11,17,20-21,25,29H,4-5,8-9,12-16H2,1H3,(H,42,43)/t20-,21+,25-/m1/s1. The SMILES string of the molecule is Cn1cnc(COc2ccc(Cl)c3c2[C@@H](CN2Cc4ccccc4C2=O)N(C(=O)[C@@H]2CCCC[C@@H]2C(=O)O)CC3)c1C(F)F. The fraction of sp³-hybridized carbons (Fsp3) is 0.438. The van der Waals surface area contributed by atoms with Crippen LogP contribution in [0.15, 0.2) is 42.7 Å². The minimum Gasteiger partial charge on any atom is -0.487 e. The molecule has 2 aromatic carbocycles. The van der Waals surface area contributed by atoms with E-state index in [4.69, 9.17) is 16.3 Å². The van der Waals surface area contributed by atoms with Gasteiger partial charge in [-0.2, -0.15) is 0 Å².